The molecule has 0 fully saturated rings. The first-order valence-corrected chi connectivity index (χ1v) is 7.31. The molecule has 0 saturated carbocycles. The highest BCUT2D eigenvalue weighted by Gasteiger charge is 2.12. The van der Waals surface area contributed by atoms with E-state index in [0.29, 0.717) is 5.92 Å². The summed E-state index contributed by atoms with van der Waals surface area (Å²) in [4.78, 5) is 0. The predicted octanol–water partition coefficient (Wildman–Crippen LogP) is 3.65. The van der Waals surface area contributed by atoms with Gasteiger partial charge in [0.25, 0.3) is 0 Å². The van der Waals surface area contributed by atoms with Crippen LogP contribution in [-0.4, -0.2) is 10.2 Å². The van der Waals surface area contributed by atoms with E-state index in [1.807, 2.05) is 0 Å². The maximum atomic E-state index is 2.25. The van der Waals surface area contributed by atoms with Gasteiger partial charge >= 0.3 is 0 Å². The Morgan fingerprint density at radius 3 is 1.65 bits per heavy atom. The summed E-state index contributed by atoms with van der Waals surface area (Å²) in [7, 11) is 2.07. The van der Waals surface area contributed by atoms with Gasteiger partial charge in [0.15, 0.2) is 0 Å². The molecule has 0 spiro atoms. The van der Waals surface area contributed by atoms with Gasteiger partial charge in [0.1, 0.15) is 0 Å². The SMILES string of the molecule is [SiH2]CCCC(c1ccccc1)c1ccccc1. The zero-order valence-electron chi connectivity index (χ0n) is 10.2. The Balaban J connectivity index is 2.26. The van der Waals surface area contributed by atoms with Crippen LogP contribution in [0.15, 0.2) is 60.7 Å². The lowest BCUT2D eigenvalue weighted by Gasteiger charge is -2.17. The molecule has 2 rings (SSSR count). The van der Waals surface area contributed by atoms with Gasteiger partial charge in [0.05, 0.1) is 0 Å². The van der Waals surface area contributed by atoms with Crippen molar-refractivity contribution >= 4 is 10.2 Å². The zero-order valence-corrected chi connectivity index (χ0v) is 11.6. The molecule has 1 heteroatoms. The van der Waals surface area contributed by atoms with Crippen LogP contribution in [0.4, 0.5) is 0 Å². The van der Waals surface area contributed by atoms with Crippen molar-refractivity contribution in [1.82, 2.24) is 0 Å². The summed E-state index contributed by atoms with van der Waals surface area (Å²) < 4.78 is 0. The summed E-state index contributed by atoms with van der Waals surface area (Å²) in [5.74, 6) is 0.558. The molecule has 0 aromatic heterocycles. The lowest BCUT2D eigenvalue weighted by Crippen LogP contribution is -2.00. The number of hydrogen-bond donors (Lipinski definition) is 0. The monoisotopic (exact) mass is 239 g/mol. The molecule has 0 aliphatic rings. The molecule has 0 aliphatic carbocycles. The Morgan fingerprint density at radius 2 is 1.24 bits per heavy atom. The highest BCUT2D eigenvalue weighted by atomic mass is 28.1. The predicted molar refractivity (Wildman–Crippen MR) is 77.3 cm³/mol. The van der Waals surface area contributed by atoms with E-state index in [2.05, 4.69) is 70.9 Å². The van der Waals surface area contributed by atoms with E-state index in [1.165, 1.54) is 30.0 Å². The normalized spacial score (nSPS) is 10.7. The Kier molecular flexibility index (Phi) is 4.57. The fourth-order valence-corrected chi connectivity index (χ4v) is 2.53. The standard InChI is InChI=1S/C16H19Si/c17-13-7-12-16(14-8-3-1-4-9-14)15-10-5-2-6-11-15/h1-6,8-11,16H,7,12-13,17H2. The molecule has 0 unspecified atom stereocenters. The largest absolute Gasteiger partial charge is 0.0651 e. The third-order valence-electron chi connectivity index (χ3n) is 3.15. The van der Waals surface area contributed by atoms with E-state index in [-0.39, 0.29) is 0 Å². The third-order valence-corrected chi connectivity index (χ3v) is 3.65. The van der Waals surface area contributed by atoms with Crippen LogP contribution in [0.25, 0.3) is 0 Å². The molecular formula is C16H19Si. The quantitative estimate of drug-likeness (QED) is 0.699. The third kappa shape index (κ3) is 3.30. The average Bonchev–Trinajstić information content (AvgIpc) is 2.42. The Hall–Kier alpha value is -1.34. The molecule has 0 bridgehead atoms. The second-order valence-corrected chi connectivity index (χ2v) is 5.08. The van der Waals surface area contributed by atoms with Gasteiger partial charge in [-0.25, -0.2) is 0 Å². The minimum Gasteiger partial charge on any atom is -0.0651 e. The van der Waals surface area contributed by atoms with Crippen molar-refractivity contribution < 1.29 is 0 Å². The fourth-order valence-electron chi connectivity index (χ4n) is 2.24. The zero-order chi connectivity index (χ0) is 11.9. The van der Waals surface area contributed by atoms with Crippen LogP contribution in [0.2, 0.25) is 6.04 Å². The van der Waals surface area contributed by atoms with E-state index in [9.17, 15) is 0 Å². The molecule has 0 heterocycles. The van der Waals surface area contributed by atoms with Crippen LogP contribution in [-0.2, 0) is 0 Å². The van der Waals surface area contributed by atoms with Gasteiger partial charge in [0.2, 0.25) is 0 Å². The second-order valence-electron chi connectivity index (χ2n) is 4.37. The number of hydrogen-bond acceptors (Lipinski definition) is 0. The molecule has 0 amide bonds. The van der Waals surface area contributed by atoms with Crippen LogP contribution in [0, 0.1) is 0 Å². The van der Waals surface area contributed by atoms with Gasteiger partial charge in [-0.1, -0.05) is 73.1 Å². The lowest BCUT2D eigenvalue weighted by atomic mass is 9.88. The first-order valence-electron chi connectivity index (χ1n) is 6.31. The van der Waals surface area contributed by atoms with Crippen molar-refractivity contribution in [3.63, 3.8) is 0 Å². The Bertz CT molecular complexity index is 382. The van der Waals surface area contributed by atoms with Crippen molar-refractivity contribution in [2.45, 2.75) is 24.8 Å². The topological polar surface area (TPSA) is 0 Å². The van der Waals surface area contributed by atoms with Gasteiger partial charge in [-0.3, -0.25) is 0 Å². The van der Waals surface area contributed by atoms with E-state index in [4.69, 9.17) is 0 Å². The highest BCUT2D eigenvalue weighted by molar-refractivity contribution is 6.08. The molecule has 1 radical (unpaired) electrons. The molecule has 0 aliphatic heterocycles. The first-order chi connectivity index (χ1) is 8.42. The summed E-state index contributed by atoms with van der Waals surface area (Å²) in [5.41, 5.74) is 2.88. The molecule has 17 heavy (non-hydrogen) atoms. The fraction of sp³-hybridized carbons (Fsp3) is 0.250. The van der Waals surface area contributed by atoms with E-state index in [1.54, 1.807) is 0 Å². The van der Waals surface area contributed by atoms with E-state index < -0.39 is 0 Å². The average molecular weight is 239 g/mol. The minimum atomic E-state index is 0.558. The van der Waals surface area contributed by atoms with Crippen LogP contribution in [0.1, 0.15) is 29.9 Å². The summed E-state index contributed by atoms with van der Waals surface area (Å²) >= 11 is 0. The van der Waals surface area contributed by atoms with Crippen LogP contribution >= 0.6 is 0 Å². The Morgan fingerprint density at radius 1 is 0.765 bits per heavy atom. The summed E-state index contributed by atoms with van der Waals surface area (Å²) in [6.45, 7) is 0. The van der Waals surface area contributed by atoms with Gasteiger partial charge in [0, 0.05) is 16.2 Å². The summed E-state index contributed by atoms with van der Waals surface area (Å²) in [6.07, 6.45) is 2.55. The van der Waals surface area contributed by atoms with Crippen LogP contribution in [0.5, 0.6) is 0 Å². The van der Waals surface area contributed by atoms with Crippen LogP contribution < -0.4 is 0 Å². The van der Waals surface area contributed by atoms with Crippen molar-refractivity contribution in [2.75, 3.05) is 0 Å². The lowest BCUT2D eigenvalue weighted by molar-refractivity contribution is 0.698. The van der Waals surface area contributed by atoms with Crippen molar-refractivity contribution in [2.24, 2.45) is 0 Å². The van der Waals surface area contributed by atoms with Gasteiger partial charge < -0.3 is 0 Å². The van der Waals surface area contributed by atoms with Gasteiger partial charge in [-0.05, 0) is 17.5 Å². The van der Waals surface area contributed by atoms with Crippen molar-refractivity contribution in [1.29, 1.82) is 0 Å². The van der Waals surface area contributed by atoms with Gasteiger partial charge in [-0.15, -0.1) is 0 Å². The second kappa shape index (κ2) is 6.41. The maximum absolute atomic E-state index is 2.25. The van der Waals surface area contributed by atoms with E-state index in [0.717, 1.165) is 0 Å². The molecule has 0 saturated heterocycles. The molecule has 0 nitrogen and oxygen atoms in total. The van der Waals surface area contributed by atoms with Crippen LogP contribution in [0.3, 0.4) is 0 Å². The van der Waals surface area contributed by atoms with Crippen molar-refractivity contribution in [3.05, 3.63) is 71.8 Å². The molecule has 87 valence electrons. The number of benzene rings is 2. The highest BCUT2D eigenvalue weighted by Crippen LogP contribution is 2.29. The Labute approximate surface area is 107 Å². The van der Waals surface area contributed by atoms with E-state index >= 15 is 0 Å². The molecule has 0 N–H and O–H groups in total. The van der Waals surface area contributed by atoms with Gasteiger partial charge in [-0.2, -0.15) is 0 Å². The molecule has 0 atom stereocenters. The van der Waals surface area contributed by atoms with Crippen molar-refractivity contribution in [3.8, 4) is 0 Å². The maximum Gasteiger partial charge on any atom is 0.00892 e. The smallest absolute Gasteiger partial charge is 0.00892 e. The number of rotatable bonds is 5. The molecular weight excluding hydrogens is 220 g/mol. The first kappa shape index (κ1) is 12.1. The summed E-state index contributed by atoms with van der Waals surface area (Å²) in [6, 6.07) is 23.0. The summed E-state index contributed by atoms with van der Waals surface area (Å²) in [5, 5.41) is 0. The molecule has 2 aromatic rings. The molecule has 2 aromatic carbocycles. The minimum absolute atomic E-state index is 0.558.